The summed E-state index contributed by atoms with van der Waals surface area (Å²) < 4.78 is 26.2. The van der Waals surface area contributed by atoms with Gasteiger partial charge in [-0.15, -0.1) is 5.10 Å². The summed E-state index contributed by atoms with van der Waals surface area (Å²) >= 11 is 0. The molecule has 0 radical (unpaired) electrons. The van der Waals surface area contributed by atoms with Crippen molar-refractivity contribution in [2.75, 3.05) is 5.32 Å². The van der Waals surface area contributed by atoms with Gasteiger partial charge in [-0.1, -0.05) is 12.1 Å². The van der Waals surface area contributed by atoms with Crippen molar-refractivity contribution in [2.45, 2.75) is 26.2 Å². The number of alkyl halides is 2. The average molecular weight is 230 g/mol. The van der Waals surface area contributed by atoms with Gasteiger partial charge in [-0.2, -0.15) is 0 Å². The van der Waals surface area contributed by atoms with Crippen molar-refractivity contribution in [3.8, 4) is 0 Å². The normalized spacial score (nSPS) is 17.6. The minimum absolute atomic E-state index is 0.143. The van der Waals surface area contributed by atoms with E-state index in [1.54, 1.807) is 6.92 Å². The highest BCUT2D eigenvalue weighted by molar-refractivity contribution is 5.96. The Bertz CT molecular complexity index is 425. The van der Waals surface area contributed by atoms with Crippen LogP contribution in [0.1, 0.15) is 31.9 Å². The summed E-state index contributed by atoms with van der Waals surface area (Å²) in [5, 5.41) is 9.39. The summed E-state index contributed by atoms with van der Waals surface area (Å²) in [6.45, 7) is 1.79. The molecule has 1 amide bonds. The fraction of sp³-hybridized carbons (Fsp3) is 0.667. The molecular weight excluding hydrogens is 218 g/mol. The predicted molar refractivity (Wildman–Crippen MR) is 51.9 cm³/mol. The lowest BCUT2D eigenvalue weighted by Gasteiger charge is -2.08. The maximum atomic E-state index is 12.6. The Morgan fingerprint density at radius 2 is 2.19 bits per heavy atom. The van der Waals surface area contributed by atoms with Crippen LogP contribution >= 0.6 is 0 Å². The molecule has 0 unspecified atom stereocenters. The van der Waals surface area contributed by atoms with Crippen LogP contribution in [0.5, 0.6) is 0 Å². The smallest absolute Gasteiger partial charge is 0.283 e. The van der Waals surface area contributed by atoms with E-state index in [-0.39, 0.29) is 17.4 Å². The number of anilines is 1. The minimum atomic E-state index is -2.71. The van der Waals surface area contributed by atoms with E-state index in [1.807, 2.05) is 0 Å². The van der Waals surface area contributed by atoms with E-state index in [2.05, 4.69) is 15.6 Å². The molecule has 7 heteroatoms. The Morgan fingerprint density at radius 1 is 1.56 bits per heavy atom. The SMILES string of the molecule is Cn1nnc(NC(=O)C2(C)CC2)c1C(F)F. The summed E-state index contributed by atoms with van der Waals surface area (Å²) in [4.78, 5) is 11.6. The molecule has 5 nitrogen and oxygen atoms in total. The average Bonchev–Trinajstić information content (AvgIpc) is 2.83. The zero-order valence-electron chi connectivity index (χ0n) is 9.00. The van der Waals surface area contributed by atoms with Crippen molar-refractivity contribution in [1.29, 1.82) is 0 Å². The molecule has 88 valence electrons. The van der Waals surface area contributed by atoms with Crippen LogP contribution in [0.15, 0.2) is 0 Å². The highest BCUT2D eigenvalue weighted by atomic mass is 19.3. The van der Waals surface area contributed by atoms with Gasteiger partial charge in [-0.3, -0.25) is 4.79 Å². The van der Waals surface area contributed by atoms with Gasteiger partial charge in [0.1, 0.15) is 5.69 Å². The first-order chi connectivity index (χ1) is 7.44. The molecule has 1 heterocycles. The fourth-order valence-electron chi connectivity index (χ4n) is 1.37. The number of aryl methyl sites for hydroxylation is 1. The molecule has 0 saturated heterocycles. The predicted octanol–water partition coefficient (Wildman–Crippen LogP) is 1.49. The summed E-state index contributed by atoms with van der Waals surface area (Å²) in [5.74, 6) is -0.412. The van der Waals surface area contributed by atoms with E-state index in [4.69, 9.17) is 0 Å². The second kappa shape index (κ2) is 3.50. The van der Waals surface area contributed by atoms with Gasteiger partial charge in [-0.25, -0.2) is 13.5 Å². The quantitative estimate of drug-likeness (QED) is 0.855. The number of hydrogen-bond acceptors (Lipinski definition) is 3. The van der Waals surface area contributed by atoms with E-state index in [0.29, 0.717) is 0 Å². The molecule has 2 rings (SSSR count). The highest BCUT2D eigenvalue weighted by Gasteiger charge is 2.45. The number of nitrogens with one attached hydrogen (secondary N) is 1. The van der Waals surface area contributed by atoms with Gasteiger partial charge in [0.25, 0.3) is 6.43 Å². The van der Waals surface area contributed by atoms with Gasteiger partial charge in [0.05, 0.1) is 0 Å². The topological polar surface area (TPSA) is 59.8 Å². The van der Waals surface area contributed by atoms with Gasteiger partial charge < -0.3 is 5.32 Å². The van der Waals surface area contributed by atoms with Crippen LogP contribution in [0, 0.1) is 5.41 Å². The largest absolute Gasteiger partial charge is 0.307 e. The number of halogens is 2. The maximum absolute atomic E-state index is 12.6. The number of aromatic nitrogens is 3. The van der Waals surface area contributed by atoms with Crippen LogP contribution in [0.3, 0.4) is 0 Å². The Kier molecular flexibility index (Phi) is 2.40. The van der Waals surface area contributed by atoms with Crippen LogP contribution in [-0.2, 0) is 11.8 Å². The molecule has 16 heavy (non-hydrogen) atoms. The maximum Gasteiger partial charge on any atom is 0.283 e. The molecule has 1 saturated carbocycles. The standard InChI is InChI=1S/C9H12F2N4O/c1-9(3-4-9)8(16)12-7-5(6(10)11)15(2)14-13-7/h6H,3-4H2,1-2H3,(H,12,16). The lowest BCUT2D eigenvalue weighted by atomic mass is 10.1. The molecular formula is C9H12F2N4O. The van der Waals surface area contributed by atoms with Crippen molar-refractivity contribution < 1.29 is 13.6 Å². The van der Waals surface area contributed by atoms with Crippen LogP contribution in [0.4, 0.5) is 14.6 Å². The van der Waals surface area contributed by atoms with Gasteiger partial charge in [0.15, 0.2) is 5.82 Å². The van der Waals surface area contributed by atoms with E-state index >= 15 is 0 Å². The highest BCUT2D eigenvalue weighted by Crippen LogP contribution is 2.45. The van der Waals surface area contributed by atoms with E-state index in [1.165, 1.54) is 7.05 Å². The Balaban J connectivity index is 2.18. The first kappa shape index (κ1) is 11.0. The summed E-state index contributed by atoms with van der Waals surface area (Å²) in [6, 6.07) is 0. The molecule has 0 bridgehead atoms. The zero-order valence-corrected chi connectivity index (χ0v) is 9.00. The van der Waals surface area contributed by atoms with Crippen molar-refractivity contribution in [3.05, 3.63) is 5.69 Å². The number of hydrogen-bond donors (Lipinski definition) is 1. The Labute approximate surface area is 90.8 Å². The summed E-state index contributed by atoms with van der Waals surface area (Å²) in [7, 11) is 1.36. The summed E-state index contributed by atoms with van der Waals surface area (Å²) in [5.41, 5.74) is -0.783. The number of nitrogens with zero attached hydrogens (tertiary/aromatic N) is 3. The monoisotopic (exact) mass is 230 g/mol. The molecule has 1 N–H and O–H groups in total. The molecule has 1 aliphatic carbocycles. The van der Waals surface area contributed by atoms with Gasteiger partial charge in [0, 0.05) is 12.5 Å². The second-order valence-electron chi connectivity index (χ2n) is 4.26. The fourth-order valence-corrected chi connectivity index (χ4v) is 1.37. The van der Waals surface area contributed by atoms with E-state index in [9.17, 15) is 13.6 Å². The van der Waals surface area contributed by atoms with Gasteiger partial charge in [-0.05, 0) is 12.8 Å². The number of carbonyl (C=O) groups is 1. The van der Waals surface area contributed by atoms with E-state index in [0.717, 1.165) is 17.5 Å². The van der Waals surface area contributed by atoms with Gasteiger partial charge in [0.2, 0.25) is 5.91 Å². The third kappa shape index (κ3) is 1.77. The van der Waals surface area contributed by atoms with Crippen molar-refractivity contribution >= 4 is 11.7 Å². The van der Waals surface area contributed by atoms with Crippen LogP contribution in [0.25, 0.3) is 0 Å². The summed E-state index contributed by atoms with van der Waals surface area (Å²) in [6.07, 6.45) is -1.14. The van der Waals surface area contributed by atoms with E-state index < -0.39 is 11.8 Å². The van der Waals surface area contributed by atoms with Crippen LogP contribution in [0.2, 0.25) is 0 Å². The molecule has 1 aromatic rings. The van der Waals surface area contributed by atoms with Crippen LogP contribution in [-0.4, -0.2) is 20.9 Å². The molecule has 0 aromatic carbocycles. The molecule has 1 aliphatic rings. The molecule has 0 aliphatic heterocycles. The first-order valence-electron chi connectivity index (χ1n) is 4.93. The molecule has 1 aromatic heterocycles. The van der Waals surface area contributed by atoms with Crippen molar-refractivity contribution in [2.24, 2.45) is 12.5 Å². The number of rotatable bonds is 3. The minimum Gasteiger partial charge on any atom is -0.307 e. The molecule has 0 spiro atoms. The van der Waals surface area contributed by atoms with Crippen molar-refractivity contribution in [3.63, 3.8) is 0 Å². The lowest BCUT2D eigenvalue weighted by Crippen LogP contribution is -2.22. The molecule has 0 atom stereocenters. The van der Waals surface area contributed by atoms with Crippen LogP contribution < -0.4 is 5.32 Å². The number of amides is 1. The lowest BCUT2D eigenvalue weighted by molar-refractivity contribution is -0.120. The third-order valence-corrected chi connectivity index (χ3v) is 2.86. The Hall–Kier alpha value is -1.53. The Morgan fingerprint density at radius 3 is 2.69 bits per heavy atom. The van der Waals surface area contributed by atoms with Crippen molar-refractivity contribution in [1.82, 2.24) is 15.0 Å². The third-order valence-electron chi connectivity index (χ3n) is 2.86. The molecule has 1 fully saturated rings. The first-order valence-corrected chi connectivity index (χ1v) is 4.93. The number of carbonyl (C=O) groups excluding carboxylic acids is 1. The van der Waals surface area contributed by atoms with Gasteiger partial charge >= 0.3 is 0 Å². The zero-order chi connectivity index (χ0) is 11.9. The second-order valence-corrected chi connectivity index (χ2v) is 4.26.